The van der Waals surface area contributed by atoms with Crippen LogP contribution in [0.4, 0.5) is 4.79 Å². The molecule has 2 aliphatic heterocycles. The van der Waals surface area contributed by atoms with E-state index >= 15 is 0 Å². The van der Waals surface area contributed by atoms with Gasteiger partial charge in [0.2, 0.25) is 0 Å². The predicted octanol–water partition coefficient (Wildman–Crippen LogP) is 2.98. The second-order valence-corrected chi connectivity index (χ2v) is 7.69. The molecule has 23 heavy (non-hydrogen) atoms. The maximum Gasteiger partial charge on any atom is 0.408 e. The first kappa shape index (κ1) is 16.1. The minimum absolute atomic E-state index is 0.104. The molecule has 1 aromatic carbocycles. The summed E-state index contributed by atoms with van der Waals surface area (Å²) < 4.78 is 5.91. The van der Waals surface area contributed by atoms with Gasteiger partial charge in [0.25, 0.3) is 0 Å². The molecular formula is C18H26N2O3. The summed E-state index contributed by atoms with van der Waals surface area (Å²) in [6.45, 7) is 8.94. The maximum absolute atomic E-state index is 11.6. The van der Waals surface area contributed by atoms with Crippen LogP contribution in [0.3, 0.4) is 0 Å². The smallest absolute Gasteiger partial charge is 0.408 e. The fourth-order valence-corrected chi connectivity index (χ4v) is 3.60. The number of carbonyl (C=O) groups is 1. The lowest BCUT2D eigenvalue weighted by Gasteiger charge is -2.34. The van der Waals surface area contributed by atoms with E-state index in [1.54, 1.807) is 0 Å². The van der Waals surface area contributed by atoms with Crippen LogP contribution in [0, 0.1) is 0 Å². The van der Waals surface area contributed by atoms with E-state index in [1.807, 2.05) is 32.9 Å². The van der Waals surface area contributed by atoms with E-state index in [0.717, 1.165) is 43.9 Å². The van der Waals surface area contributed by atoms with Crippen molar-refractivity contribution >= 4 is 6.09 Å². The molecule has 2 aliphatic rings. The van der Waals surface area contributed by atoms with Crippen molar-refractivity contribution in [2.45, 2.75) is 51.1 Å². The third-order valence-corrected chi connectivity index (χ3v) is 5.06. The molecule has 3 rings (SSSR count). The van der Waals surface area contributed by atoms with E-state index in [9.17, 15) is 9.90 Å². The van der Waals surface area contributed by atoms with Crippen LogP contribution in [-0.2, 0) is 12.0 Å². The van der Waals surface area contributed by atoms with Gasteiger partial charge in [0.1, 0.15) is 5.75 Å². The molecule has 0 atom stereocenters. The van der Waals surface area contributed by atoms with Crippen LogP contribution in [0.1, 0.15) is 44.7 Å². The highest BCUT2D eigenvalue weighted by Crippen LogP contribution is 2.44. The van der Waals surface area contributed by atoms with Crippen LogP contribution in [0.2, 0.25) is 0 Å². The molecule has 0 saturated carbocycles. The van der Waals surface area contributed by atoms with Gasteiger partial charge in [-0.15, -0.1) is 0 Å². The number of nitrogens with one attached hydrogen (secondary N) is 1. The first-order valence-electron chi connectivity index (χ1n) is 8.29. The summed E-state index contributed by atoms with van der Waals surface area (Å²) in [5, 5.41) is 12.9. The first-order chi connectivity index (χ1) is 10.8. The Balaban J connectivity index is 1.89. The highest BCUT2D eigenvalue weighted by molar-refractivity contribution is 5.66. The van der Waals surface area contributed by atoms with E-state index in [0.29, 0.717) is 6.54 Å². The topological polar surface area (TPSA) is 61.8 Å². The Morgan fingerprint density at radius 3 is 2.65 bits per heavy atom. The molecule has 2 heterocycles. The number of benzene rings is 1. The average Bonchev–Trinajstić information content (AvgIpc) is 2.82. The highest BCUT2D eigenvalue weighted by atomic mass is 16.5. The molecule has 0 bridgehead atoms. The minimum Gasteiger partial charge on any atom is -0.492 e. The van der Waals surface area contributed by atoms with E-state index in [2.05, 4.69) is 11.4 Å². The van der Waals surface area contributed by atoms with Crippen LogP contribution >= 0.6 is 0 Å². The fourth-order valence-electron chi connectivity index (χ4n) is 3.60. The standard InChI is InChI=1S/C18H26N2O3/c1-17(2,3)20(16(21)22)11-13-4-5-15-14(10-13)18(12-23-15)6-8-19-9-7-18/h4-5,10,19H,6-9,11-12H2,1-3H3,(H,21,22). The van der Waals surface area contributed by atoms with Gasteiger partial charge in [-0.2, -0.15) is 0 Å². The molecule has 5 heteroatoms. The molecule has 1 amide bonds. The quantitative estimate of drug-likeness (QED) is 0.880. The van der Waals surface area contributed by atoms with Crippen molar-refractivity contribution < 1.29 is 14.6 Å². The number of ether oxygens (including phenoxy) is 1. The molecule has 0 aromatic heterocycles. The Hall–Kier alpha value is -1.75. The SMILES string of the molecule is CC(C)(C)N(Cc1ccc2c(c1)C1(CCNCC1)CO2)C(=O)O. The molecule has 126 valence electrons. The third-order valence-electron chi connectivity index (χ3n) is 5.06. The number of piperidine rings is 1. The Labute approximate surface area is 137 Å². The lowest BCUT2D eigenvalue weighted by atomic mass is 9.74. The van der Waals surface area contributed by atoms with Gasteiger partial charge in [0.05, 0.1) is 6.61 Å². The van der Waals surface area contributed by atoms with E-state index in [-0.39, 0.29) is 5.41 Å². The summed E-state index contributed by atoms with van der Waals surface area (Å²) in [7, 11) is 0. The van der Waals surface area contributed by atoms with Gasteiger partial charge in [0.15, 0.2) is 0 Å². The van der Waals surface area contributed by atoms with E-state index < -0.39 is 11.6 Å². The molecule has 0 aliphatic carbocycles. The van der Waals surface area contributed by atoms with Crippen LogP contribution in [0.25, 0.3) is 0 Å². The largest absolute Gasteiger partial charge is 0.492 e. The van der Waals surface area contributed by atoms with Crippen LogP contribution < -0.4 is 10.1 Å². The second kappa shape index (κ2) is 5.71. The van der Waals surface area contributed by atoms with Crippen LogP contribution in [0.5, 0.6) is 5.75 Å². The Bertz CT molecular complexity index is 595. The van der Waals surface area contributed by atoms with E-state index in [1.165, 1.54) is 10.5 Å². The van der Waals surface area contributed by atoms with Gasteiger partial charge < -0.3 is 15.2 Å². The maximum atomic E-state index is 11.6. The molecule has 1 saturated heterocycles. The number of hydrogen-bond donors (Lipinski definition) is 2. The Morgan fingerprint density at radius 1 is 1.35 bits per heavy atom. The second-order valence-electron chi connectivity index (χ2n) is 7.69. The van der Waals surface area contributed by atoms with Crippen molar-refractivity contribution in [2.75, 3.05) is 19.7 Å². The summed E-state index contributed by atoms with van der Waals surface area (Å²) in [5.74, 6) is 0.966. The number of hydrogen-bond acceptors (Lipinski definition) is 3. The summed E-state index contributed by atoms with van der Waals surface area (Å²) in [5.41, 5.74) is 1.97. The van der Waals surface area contributed by atoms with Crippen molar-refractivity contribution in [2.24, 2.45) is 0 Å². The van der Waals surface area contributed by atoms with Gasteiger partial charge in [-0.25, -0.2) is 4.79 Å². The Morgan fingerprint density at radius 2 is 2.04 bits per heavy atom. The summed E-state index contributed by atoms with van der Waals surface area (Å²) in [6, 6.07) is 6.15. The number of rotatable bonds is 2. The molecule has 0 unspecified atom stereocenters. The van der Waals surface area contributed by atoms with Crippen molar-refractivity contribution in [1.29, 1.82) is 0 Å². The third kappa shape index (κ3) is 3.02. The summed E-state index contributed by atoms with van der Waals surface area (Å²) in [6.07, 6.45) is 1.27. The zero-order valence-electron chi connectivity index (χ0n) is 14.2. The zero-order chi connectivity index (χ0) is 16.7. The lowest BCUT2D eigenvalue weighted by Crippen LogP contribution is -2.44. The summed E-state index contributed by atoms with van der Waals surface area (Å²) >= 11 is 0. The summed E-state index contributed by atoms with van der Waals surface area (Å²) in [4.78, 5) is 13.1. The number of fused-ring (bicyclic) bond motifs is 2. The number of nitrogens with zero attached hydrogens (tertiary/aromatic N) is 1. The number of carboxylic acid groups (broad SMARTS) is 1. The fraction of sp³-hybridized carbons (Fsp3) is 0.611. The van der Waals surface area contributed by atoms with Gasteiger partial charge >= 0.3 is 6.09 Å². The molecule has 5 nitrogen and oxygen atoms in total. The lowest BCUT2D eigenvalue weighted by molar-refractivity contribution is 0.0955. The molecule has 2 N–H and O–H groups in total. The first-order valence-corrected chi connectivity index (χ1v) is 8.29. The van der Waals surface area contributed by atoms with Gasteiger partial charge in [-0.3, -0.25) is 4.90 Å². The molecular weight excluding hydrogens is 292 g/mol. The Kier molecular flexibility index (Phi) is 4.00. The van der Waals surface area contributed by atoms with Crippen LogP contribution in [0.15, 0.2) is 18.2 Å². The average molecular weight is 318 g/mol. The highest BCUT2D eigenvalue weighted by Gasteiger charge is 2.41. The van der Waals surface area contributed by atoms with E-state index in [4.69, 9.17) is 4.74 Å². The normalized spacial score (nSPS) is 19.3. The van der Waals surface area contributed by atoms with Gasteiger partial charge in [-0.1, -0.05) is 6.07 Å². The zero-order valence-corrected chi connectivity index (χ0v) is 14.2. The van der Waals surface area contributed by atoms with Gasteiger partial charge in [-0.05, 0) is 64.4 Å². The molecule has 1 spiro atoms. The van der Waals surface area contributed by atoms with Crippen molar-refractivity contribution in [3.05, 3.63) is 29.3 Å². The molecule has 0 radical (unpaired) electrons. The van der Waals surface area contributed by atoms with Crippen LogP contribution in [-0.4, -0.2) is 41.3 Å². The molecule has 1 fully saturated rings. The number of amides is 1. The minimum atomic E-state index is -0.883. The predicted molar refractivity (Wildman–Crippen MR) is 89.0 cm³/mol. The monoisotopic (exact) mass is 318 g/mol. The van der Waals surface area contributed by atoms with Gasteiger partial charge in [0, 0.05) is 23.1 Å². The van der Waals surface area contributed by atoms with Crippen molar-refractivity contribution in [1.82, 2.24) is 10.2 Å². The van der Waals surface area contributed by atoms with Crippen molar-refractivity contribution in [3.63, 3.8) is 0 Å². The van der Waals surface area contributed by atoms with Crippen molar-refractivity contribution in [3.8, 4) is 5.75 Å². The molecule has 1 aromatic rings.